The Morgan fingerprint density at radius 3 is 2.79 bits per heavy atom. The molecule has 1 atom stereocenters. The monoisotopic (exact) mass is 428 g/mol. The van der Waals surface area contributed by atoms with E-state index in [1.807, 2.05) is 17.5 Å². The van der Waals surface area contributed by atoms with Gasteiger partial charge in [0, 0.05) is 10.4 Å². The highest BCUT2D eigenvalue weighted by Crippen LogP contribution is 2.32. The van der Waals surface area contributed by atoms with Crippen LogP contribution in [0.1, 0.15) is 30.3 Å². The molecule has 4 rings (SSSR count). The molecule has 0 radical (unpaired) electrons. The third kappa shape index (κ3) is 3.49. The minimum absolute atomic E-state index is 0.169. The Morgan fingerprint density at radius 2 is 2.10 bits per heavy atom. The van der Waals surface area contributed by atoms with Gasteiger partial charge in [0.1, 0.15) is 11.9 Å². The van der Waals surface area contributed by atoms with Crippen molar-refractivity contribution in [2.24, 2.45) is 4.99 Å². The maximum Gasteiger partial charge on any atom is 0.338 e. The van der Waals surface area contributed by atoms with Gasteiger partial charge in [-0.05, 0) is 37.4 Å². The number of benzene rings is 1. The van der Waals surface area contributed by atoms with Crippen LogP contribution in [0.2, 0.25) is 0 Å². The molecule has 3 aromatic rings. The summed E-state index contributed by atoms with van der Waals surface area (Å²) >= 11 is 2.73. The van der Waals surface area contributed by atoms with E-state index in [1.165, 1.54) is 33.3 Å². The predicted molar refractivity (Wildman–Crippen MR) is 111 cm³/mol. The van der Waals surface area contributed by atoms with Gasteiger partial charge in [-0.2, -0.15) is 0 Å². The third-order valence-corrected chi connectivity index (χ3v) is 6.34. The number of carbonyl (C=O) groups excluding carboxylic acids is 1. The van der Waals surface area contributed by atoms with E-state index in [4.69, 9.17) is 4.74 Å². The Balaban J connectivity index is 2.00. The predicted octanol–water partition coefficient (Wildman–Crippen LogP) is 3.00. The number of rotatable bonds is 4. The van der Waals surface area contributed by atoms with E-state index in [0.717, 1.165) is 4.88 Å². The van der Waals surface area contributed by atoms with Crippen molar-refractivity contribution in [2.75, 3.05) is 6.61 Å². The maximum atomic E-state index is 14.7. The number of aromatic nitrogens is 1. The van der Waals surface area contributed by atoms with Crippen LogP contribution in [0.3, 0.4) is 0 Å². The van der Waals surface area contributed by atoms with E-state index < -0.39 is 17.8 Å². The van der Waals surface area contributed by atoms with Crippen LogP contribution in [0.15, 0.2) is 62.8 Å². The SMILES string of the molecule is CCOC(=O)C1=C(C)N=c2s/c(=C/c3cccs3)c(=O)n2[C@H]1c1ccccc1F. The molecule has 0 aliphatic carbocycles. The lowest BCUT2D eigenvalue weighted by molar-refractivity contribution is -0.139. The lowest BCUT2D eigenvalue weighted by atomic mass is 9.95. The highest BCUT2D eigenvalue weighted by Gasteiger charge is 2.34. The fraction of sp³-hybridized carbons (Fsp3) is 0.190. The van der Waals surface area contributed by atoms with Crippen LogP contribution < -0.4 is 14.9 Å². The van der Waals surface area contributed by atoms with Crippen LogP contribution in [-0.2, 0) is 9.53 Å². The van der Waals surface area contributed by atoms with Crippen LogP contribution in [0.4, 0.5) is 4.39 Å². The summed E-state index contributed by atoms with van der Waals surface area (Å²) in [5.74, 6) is -1.10. The highest BCUT2D eigenvalue weighted by atomic mass is 32.1. The van der Waals surface area contributed by atoms with Crippen molar-refractivity contribution < 1.29 is 13.9 Å². The second-order valence-electron chi connectivity index (χ2n) is 6.34. The molecule has 1 aliphatic rings. The minimum atomic E-state index is -0.933. The molecule has 0 fully saturated rings. The first kappa shape index (κ1) is 19.5. The molecule has 0 bridgehead atoms. The lowest BCUT2D eigenvalue weighted by Crippen LogP contribution is -2.40. The van der Waals surface area contributed by atoms with Crippen LogP contribution in [0, 0.1) is 5.82 Å². The largest absolute Gasteiger partial charge is 0.463 e. The van der Waals surface area contributed by atoms with Crippen LogP contribution in [0.5, 0.6) is 0 Å². The van der Waals surface area contributed by atoms with Gasteiger partial charge in [0.25, 0.3) is 5.56 Å². The van der Waals surface area contributed by atoms with Crippen molar-refractivity contribution in [3.05, 3.63) is 89.0 Å². The van der Waals surface area contributed by atoms with E-state index in [1.54, 1.807) is 38.1 Å². The van der Waals surface area contributed by atoms with E-state index in [-0.39, 0.29) is 23.3 Å². The Kier molecular flexibility index (Phi) is 5.29. The molecule has 1 aromatic carbocycles. The number of nitrogens with zero attached hydrogens (tertiary/aromatic N) is 2. The maximum absolute atomic E-state index is 14.7. The Hall–Kier alpha value is -2.84. The quantitative estimate of drug-likeness (QED) is 0.601. The number of halogens is 1. The Labute approximate surface area is 173 Å². The number of ether oxygens (including phenoxy) is 1. The topological polar surface area (TPSA) is 60.7 Å². The first-order valence-electron chi connectivity index (χ1n) is 8.99. The minimum Gasteiger partial charge on any atom is -0.463 e. The van der Waals surface area contributed by atoms with Gasteiger partial charge < -0.3 is 4.74 Å². The van der Waals surface area contributed by atoms with E-state index in [0.29, 0.717) is 15.0 Å². The van der Waals surface area contributed by atoms with E-state index in [2.05, 4.69) is 4.99 Å². The van der Waals surface area contributed by atoms with Crippen molar-refractivity contribution in [1.82, 2.24) is 4.57 Å². The first-order chi connectivity index (χ1) is 14.0. The summed E-state index contributed by atoms with van der Waals surface area (Å²) < 4.78 is 21.8. The molecular formula is C21H17FN2O3S2. The molecule has 0 unspecified atom stereocenters. The molecule has 0 N–H and O–H groups in total. The van der Waals surface area contributed by atoms with Gasteiger partial charge in [-0.1, -0.05) is 35.6 Å². The molecule has 5 nitrogen and oxygen atoms in total. The van der Waals surface area contributed by atoms with Gasteiger partial charge in [-0.25, -0.2) is 14.2 Å². The molecule has 148 valence electrons. The second kappa shape index (κ2) is 7.88. The van der Waals surface area contributed by atoms with Crippen molar-refractivity contribution >= 4 is 34.7 Å². The molecule has 0 saturated carbocycles. The number of carbonyl (C=O) groups is 1. The standard InChI is InChI=1S/C21H17FN2O3S2/c1-3-27-20(26)17-12(2)23-21-24(18(17)14-8-4-5-9-15(14)22)19(25)16(29-21)11-13-7-6-10-28-13/h4-11,18H,3H2,1-2H3/b16-11+/t18-/m0/s1. The number of hydrogen-bond donors (Lipinski definition) is 0. The van der Waals surface area contributed by atoms with Crippen LogP contribution in [-0.4, -0.2) is 17.1 Å². The zero-order chi connectivity index (χ0) is 20.5. The Morgan fingerprint density at radius 1 is 1.31 bits per heavy atom. The second-order valence-corrected chi connectivity index (χ2v) is 8.33. The molecule has 3 heterocycles. The Bertz CT molecular complexity index is 1290. The van der Waals surface area contributed by atoms with E-state index >= 15 is 0 Å². The molecule has 0 saturated heterocycles. The smallest absolute Gasteiger partial charge is 0.338 e. The molecular weight excluding hydrogens is 411 g/mol. The number of esters is 1. The third-order valence-electron chi connectivity index (χ3n) is 4.53. The van der Waals surface area contributed by atoms with Gasteiger partial charge >= 0.3 is 5.97 Å². The fourth-order valence-electron chi connectivity index (χ4n) is 3.29. The molecule has 1 aliphatic heterocycles. The molecule has 0 amide bonds. The molecule has 2 aromatic heterocycles. The summed E-state index contributed by atoms with van der Waals surface area (Å²) in [4.78, 5) is 31.8. The van der Waals surface area contributed by atoms with E-state index in [9.17, 15) is 14.0 Å². The first-order valence-corrected chi connectivity index (χ1v) is 10.7. The normalized spacial score (nSPS) is 16.5. The highest BCUT2D eigenvalue weighted by molar-refractivity contribution is 7.11. The van der Waals surface area contributed by atoms with Crippen LogP contribution in [0.25, 0.3) is 6.08 Å². The van der Waals surface area contributed by atoms with Gasteiger partial charge in [-0.15, -0.1) is 11.3 Å². The number of allylic oxidation sites excluding steroid dienone is 1. The van der Waals surface area contributed by atoms with Gasteiger partial charge in [0.15, 0.2) is 4.80 Å². The van der Waals surface area contributed by atoms with Crippen molar-refractivity contribution in [1.29, 1.82) is 0 Å². The number of thiophene rings is 1. The number of fused-ring (bicyclic) bond motifs is 1. The lowest BCUT2D eigenvalue weighted by Gasteiger charge is -2.24. The fourth-order valence-corrected chi connectivity index (χ4v) is 5.05. The zero-order valence-corrected chi connectivity index (χ0v) is 17.3. The van der Waals surface area contributed by atoms with Crippen molar-refractivity contribution in [3.8, 4) is 0 Å². The van der Waals surface area contributed by atoms with Crippen molar-refractivity contribution in [2.45, 2.75) is 19.9 Å². The average Bonchev–Trinajstić information content (AvgIpc) is 3.30. The summed E-state index contributed by atoms with van der Waals surface area (Å²) in [6.07, 6.45) is 1.79. The van der Waals surface area contributed by atoms with Gasteiger partial charge in [0.2, 0.25) is 0 Å². The van der Waals surface area contributed by atoms with Crippen molar-refractivity contribution in [3.63, 3.8) is 0 Å². The molecule has 8 heteroatoms. The number of thiazole rings is 1. The molecule has 29 heavy (non-hydrogen) atoms. The summed E-state index contributed by atoms with van der Waals surface area (Å²) in [7, 11) is 0. The van der Waals surface area contributed by atoms with Gasteiger partial charge in [-0.3, -0.25) is 9.36 Å². The summed E-state index contributed by atoms with van der Waals surface area (Å²) in [6.45, 7) is 3.54. The van der Waals surface area contributed by atoms with Crippen LogP contribution >= 0.6 is 22.7 Å². The zero-order valence-electron chi connectivity index (χ0n) is 15.7. The summed E-state index contributed by atoms with van der Waals surface area (Å²) in [6, 6.07) is 9.02. The molecule has 0 spiro atoms. The summed E-state index contributed by atoms with van der Waals surface area (Å²) in [5, 5.41) is 1.92. The summed E-state index contributed by atoms with van der Waals surface area (Å²) in [5.41, 5.74) is 0.506. The average molecular weight is 429 g/mol. The van der Waals surface area contributed by atoms with Gasteiger partial charge in [0.05, 0.1) is 22.4 Å². The number of hydrogen-bond acceptors (Lipinski definition) is 6.